The van der Waals surface area contributed by atoms with Crippen LogP contribution >= 0.6 is 34.8 Å². The number of rotatable bonds is 3. The van der Waals surface area contributed by atoms with Crippen molar-refractivity contribution in [3.63, 3.8) is 0 Å². The molecule has 1 aliphatic rings. The summed E-state index contributed by atoms with van der Waals surface area (Å²) < 4.78 is 50.2. The van der Waals surface area contributed by atoms with Crippen LogP contribution < -0.4 is 9.47 Å². The van der Waals surface area contributed by atoms with E-state index >= 15 is 0 Å². The standard InChI is InChI=1S/C18H10Cl3F3O4/c1-7-2-9(19)5-12(21)15(7)27-14-6-13-8(4-11(14)20)3-10(17(25)26)16(28-13)18(22,23)24/h2-6,16H,1H3,(H,25,26). The first-order chi connectivity index (χ1) is 13.0. The average molecular weight is 454 g/mol. The monoisotopic (exact) mass is 452 g/mol. The van der Waals surface area contributed by atoms with E-state index in [0.717, 1.165) is 12.1 Å². The Kier molecular flexibility index (Phi) is 5.44. The highest BCUT2D eigenvalue weighted by molar-refractivity contribution is 6.36. The van der Waals surface area contributed by atoms with Crippen molar-refractivity contribution in [2.24, 2.45) is 0 Å². The van der Waals surface area contributed by atoms with E-state index in [4.69, 9.17) is 49.4 Å². The summed E-state index contributed by atoms with van der Waals surface area (Å²) in [5.74, 6) is -1.76. The van der Waals surface area contributed by atoms with Gasteiger partial charge in [-0.1, -0.05) is 34.8 Å². The number of halogens is 6. The SMILES string of the molecule is Cc1cc(Cl)cc(Cl)c1Oc1cc2c(cc1Cl)C=C(C(=O)O)C(C(F)(F)F)O2. The van der Waals surface area contributed by atoms with Gasteiger partial charge >= 0.3 is 12.1 Å². The number of aliphatic carboxylic acids is 1. The second-order valence-electron chi connectivity index (χ2n) is 5.90. The fourth-order valence-corrected chi connectivity index (χ4v) is 3.47. The molecule has 28 heavy (non-hydrogen) atoms. The maximum Gasteiger partial charge on any atom is 0.430 e. The smallest absolute Gasteiger partial charge is 0.430 e. The Hall–Kier alpha value is -2.09. The van der Waals surface area contributed by atoms with Gasteiger partial charge in [0.05, 0.1) is 15.6 Å². The van der Waals surface area contributed by atoms with Gasteiger partial charge in [0.1, 0.15) is 17.2 Å². The molecule has 0 spiro atoms. The topological polar surface area (TPSA) is 55.8 Å². The molecule has 1 aliphatic heterocycles. The Morgan fingerprint density at radius 3 is 2.39 bits per heavy atom. The zero-order valence-electron chi connectivity index (χ0n) is 13.9. The van der Waals surface area contributed by atoms with Crippen LogP contribution in [0.2, 0.25) is 15.1 Å². The lowest BCUT2D eigenvalue weighted by Crippen LogP contribution is -2.40. The van der Waals surface area contributed by atoms with E-state index < -0.39 is 23.8 Å². The number of hydrogen-bond donors (Lipinski definition) is 1. The van der Waals surface area contributed by atoms with E-state index in [1.165, 1.54) is 12.1 Å². The van der Waals surface area contributed by atoms with Crippen molar-refractivity contribution in [3.05, 3.63) is 56.0 Å². The molecule has 4 nitrogen and oxygen atoms in total. The fraction of sp³-hybridized carbons (Fsp3) is 0.167. The van der Waals surface area contributed by atoms with E-state index in [-0.39, 0.29) is 32.9 Å². The summed E-state index contributed by atoms with van der Waals surface area (Å²) in [7, 11) is 0. The van der Waals surface area contributed by atoms with Crippen molar-refractivity contribution in [1.29, 1.82) is 0 Å². The summed E-state index contributed by atoms with van der Waals surface area (Å²) in [5.41, 5.74) is -0.288. The van der Waals surface area contributed by atoms with Crippen molar-refractivity contribution < 1.29 is 32.5 Å². The van der Waals surface area contributed by atoms with Crippen LogP contribution in [0.15, 0.2) is 29.8 Å². The van der Waals surface area contributed by atoms with Crippen molar-refractivity contribution in [2.75, 3.05) is 0 Å². The van der Waals surface area contributed by atoms with Crippen molar-refractivity contribution in [2.45, 2.75) is 19.2 Å². The molecule has 1 unspecified atom stereocenters. The molecule has 1 atom stereocenters. The van der Waals surface area contributed by atoms with Gasteiger partial charge in [-0.25, -0.2) is 4.79 Å². The maximum atomic E-state index is 13.2. The van der Waals surface area contributed by atoms with Crippen LogP contribution in [0.1, 0.15) is 11.1 Å². The third kappa shape index (κ3) is 4.01. The maximum absolute atomic E-state index is 13.2. The number of benzene rings is 2. The molecule has 0 aromatic heterocycles. The second kappa shape index (κ2) is 7.39. The Labute approximate surface area is 172 Å². The molecule has 3 rings (SSSR count). The van der Waals surface area contributed by atoms with Gasteiger partial charge in [-0.3, -0.25) is 0 Å². The molecular formula is C18H10Cl3F3O4. The van der Waals surface area contributed by atoms with Gasteiger partial charge in [0.2, 0.25) is 6.10 Å². The molecule has 0 saturated heterocycles. The van der Waals surface area contributed by atoms with Gasteiger partial charge in [-0.05, 0) is 36.8 Å². The number of fused-ring (bicyclic) bond motifs is 1. The normalized spacial score (nSPS) is 16.1. The van der Waals surface area contributed by atoms with E-state index in [0.29, 0.717) is 10.6 Å². The number of aryl methyl sites for hydroxylation is 1. The van der Waals surface area contributed by atoms with Crippen LogP contribution in [-0.2, 0) is 4.79 Å². The molecule has 148 valence electrons. The summed E-state index contributed by atoms with van der Waals surface area (Å²) in [6.45, 7) is 1.68. The number of carbonyl (C=O) groups is 1. The second-order valence-corrected chi connectivity index (χ2v) is 7.15. The number of ether oxygens (including phenoxy) is 2. The lowest BCUT2D eigenvalue weighted by molar-refractivity contribution is -0.187. The molecule has 0 bridgehead atoms. The van der Waals surface area contributed by atoms with Crippen LogP contribution in [-0.4, -0.2) is 23.4 Å². The van der Waals surface area contributed by atoms with Crippen molar-refractivity contribution >= 4 is 46.8 Å². The van der Waals surface area contributed by atoms with Gasteiger partial charge in [0.15, 0.2) is 0 Å². The Balaban J connectivity index is 2.05. The quantitative estimate of drug-likeness (QED) is 0.573. The minimum atomic E-state index is -4.92. The summed E-state index contributed by atoms with van der Waals surface area (Å²) in [6.07, 6.45) is -6.67. The summed E-state index contributed by atoms with van der Waals surface area (Å²) >= 11 is 18.2. The molecule has 0 aliphatic carbocycles. The minimum Gasteiger partial charge on any atom is -0.478 e. The highest BCUT2D eigenvalue weighted by atomic mass is 35.5. The Bertz CT molecular complexity index is 979. The van der Waals surface area contributed by atoms with E-state index in [1.807, 2.05) is 0 Å². The molecule has 10 heteroatoms. The van der Waals surface area contributed by atoms with Crippen LogP contribution in [0.5, 0.6) is 17.2 Å². The fourth-order valence-electron chi connectivity index (χ4n) is 2.62. The zero-order valence-corrected chi connectivity index (χ0v) is 16.2. The molecule has 2 aromatic rings. The molecule has 0 saturated carbocycles. The lowest BCUT2D eigenvalue weighted by atomic mass is 10.0. The first kappa shape index (κ1) is 20.6. The molecule has 0 radical (unpaired) electrons. The van der Waals surface area contributed by atoms with Crippen LogP contribution in [0.25, 0.3) is 6.08 Å². The van der Waals surface area contributed by atoms with Gasteiger partial charge in [-0.2, -0.15) is 13.2 Å². The van der Waals surface area contributed by atoms with Gasteiger partial charge in [0.25, 0.3) is 0 Å². The van der Waals surface area contributed by atoms with Gasteiger partial charge in [0, 0.05) is 16.7 Å². The Morgan fingerprint density at radius 1 is 1.14 bits per heavy atom. The van der Waals surface area contributed by atoms with E-state index in [2.05, 4.69) is 0 Å². The third-order valence-corrected chi connectivity index (χ3v) is 4.65. The van der Waals surface area contributed by atoms with Crippen LogP contribution in [0.3, 0.4) is 0 Å². The highest BCUT2D eigenvalue weighted by Crippen LogP contribution is 2.44. The van der Waals surface area contributed by atoms with Gasteiger partial charge in [-0.15, -0.1) is 0 Å². The number of carboxylic acid groups (broad SMARTS) is 1. The van der Waals surface area contributed by atoms with Crippen molar-refractivity contribution in [3.8, 4) is 17.2 Å². The predicted molar refractivity (Wildman–Crippen MR) is 98.8 cm³/mol. The summed E-state index contributed by atoms with van der Waals surface area (Å²) in [5, 5.41) is 9.66. The average Bonchev–Trinajstić information content (AvgIpc) is 2.56. The number of carboxylic acids is 1. The molecular weight excluding hydrogens is 444 g/mol. The van der Waals surface area contributed by atoms with Crippen LogP contribution in [0, 0.1) is 6.92 Å². The highest BCUT2D eigenvalue weighted by Gasteiger charge is 2.48. The summed E-state index contributed by atoms with van der Waals surface area (Å²) in [6, 6.07) is 5.43. The third-order valence-electron chi connectivity index (χ3n) is 3.85. The zero-order chi connectivity index (χ0) is 20.8. The van der Waals surface area contributed by atoms with Crippen LogP contribution in [0.4, 0.5) is 13.2 Å². The first-order valence-electron chi connectivity index (χ1n) is 7.62. The van der Waals surface area contributed by atoms with Gasteiger partial charge < -0.3 is 14.6 Å². The molecule has 2 aromatic carbocycles. The first-order valence-corrected chi connectivity index (χ1v) is 8.76. The molecule has 0 fully saturated rings. The number of hydrogen-bond acceptors (Lipinski definition) is 3. The van der Waals surface area contributed by atoms with E-state index in [1.54, 1.807) is 13.0 Å². The molecule has 1 heterocycles. The lowest BCUT2D eigenvalue weighted by Gasteiger charge is -2.27. The largest absolute Gasteiger partial charge is 0.478 e. The predicted octanol–water partition coefficient (Wildman–Crippen LogP) is 6.54. The minimum absolute atomic E-state index is 0.0131. The Morgan fingerprint density at radius 2 is 1.82 bits per heavy atom. The van der Waals surface area contributed by atoms with Crippen molar-refractivity contribution in [1.82, 2.24) is 0 Å². The number of alkyl halides is 3. The molecule has 0 amide bonds. The summed E-state index contributed by atoms with van der Waals surface area (Å²) in [4.78, 5) is 11.2. The van der Waals surface area contributed by atoms with E-state index in [9.17, 15) is 18.0 Å². The molecule has 1 N–H and O–H groups in total.